The summed E-state index contributed by atoms with van der Waals surface area (Å²) in [6.45, 7) is 0. The van der Waals surface area contributed by atoms with E-state index >= 15 is 0 Å². The highest BCUT2D eigenvalue weighted by molar-refractivity contribution is 7.99. The number of pyridine rings is 1. The Balaban J connectivity index is 2.25. The minimum atomic E-state index is 0.506. The Morgan fingerprint density at radius 2 is 2.29 bits per heavy atom. The van der Waals surface area contributed by atoms with Gasteiger partial charge in [-0.05, 0) is 17.8 Å². The van der Waals surface area contributed by atoms with Gasteiger partial charge in [0.25, 0.3) is 0 Å². The molecule has 0 amide bonds. The van der Waals surface area contributed by atoms with E-state index in [1.165, 1.54) is 18.1 Å². The molecule has 0 unspecified atom stereocenters. The van der Waals surface area contributed by atoms with E-state index in [-0.39, 0.29) is 0 Å². The van der Waals surface area contributed by atoms with Gasteiger partial charge in [-0.25, -0.2) is 9.97 Å². The molecule has 14 heavy (non-hydrogen) atoms. The number of aromatic nitrogens is 4. The Bertz CT molecular complexity index is 430. The number of anilines is 1. The fourth-order valence-corrected chi connectivity index (χ4v) is 1.78. The van der Waals surface area contributed by atoms with Crippen LogP contribution in [0.1, 0.15) is 0 Å². The monoisotopic (exact) mass is 227 g/mol. The van der Waals surface area contributed by atoms with E-state index in [4.69, 9.17) is 17.3 Å². The van der Waals surface area contributed by atoms with Gasteiger partial charge in [-0.15, -0.1) is 0 Å². The molecule has 0 aliphatic rings. The van der Waals surface area contributed by atoms with Crippen molar-refractivity contribution in [3.63, 3.8) is 0 Å². The Hall–Kier alpha value is -1.27. The second-order valence-corrected chi connectivity index (χ2v) is 3.83. The summed E-state index contributed by atoms with van der Waals surface area (Å²) in [7, 11) is 0. The molecule has 0 atom stereocenters. The zero-order chi connectivity index (χ0) is 9.97. The van der Waals surface area contributed by atoms with Crippen LogP contribution < -0.4 is 5.73 Å². The van der Waals surface area contributed by atoms with Crippen LogP contribution in [0.3, 0.4) is 0 Å². The second kappa shape index (κ2) is 3.85. The summed E-state index contributed by atoms with van der Waals surface area (Å²) in [5, 5.41) is 8.21. The molecule has 2 heterocycles. The van der Waals surface area contributed by atoms with E-state index in [2.05, 4.69) is 20.2 Å². The number of nitrogen functional groups attached to an aromatic ring is 1. The number of hydrogen-bond acceptors (Lipinski definition) is 5. The number of halogens is 1. The average molecular weight is 228 g/mol. The van der Waals surface area contributed by atoms with Crippen LogP contribution in [-0.2, 0) is 0 Å². The second-order valence-electron chi connectivity index (χ2n) is 2.45. The smallest absolute Gasteiger partial charge is 0.189 e. The largest absolute Gasteiger partial charge is 0.397 e. The van der Waals surface area contributed by atoms with E-state index in [1.54, 1.807) is 12.3 Å². The maximum atomic E-state index is 5.92. The third-order valence-corrected chi connectivity index (χ3v) is 2.72. The van der Waals surface area contributed by atoms with Crippen LogP contribution in [0.5, 0.6) is 0 Å². The first-order valence-electron chi connectivity index (χ1n) is 3.70. The lowest BCUT2D eigenvalue weighted by molar-refractivity contribution is 0.967. The molecule has 5 nitrogen and oxygen atoms in total. The molecule has 0 aliphatic heterocycles. The van der Waals surface area contributed by atoms with Crippen molar-refractivity contribution < 1.29 is 0 Å². The van der Waals surface area contributed by atoms with Crippen molar-refractivity contribution in [1.29, 1.82) is 0 Å². The van der Waals surface area contributed by atoms with Crippen molar-refractivity contribution in [2.24, 2.45) is 0 Å². The third kappa shape index (κ3) is 1.97. The third-order valence-electron chi connectivity index (χ3n) is 1.41. The van der Waals surface area contributed by atoms with Gasteiger partial charge in [-0.3, -0.25) is 5.10 Å². The van der Waals surface area contributed by atoms with E-state index in [0.29, 0.717) is 20.9 Å². The van der Waals surface area contributed by atoms with Gasteiger partial charge >= 0.3 is 0 Å². The van der Waals surface area contributed by atoms with Gasteiger partial charge in [0.15, 0.2) is 5.16 Å². The highest BCUT2D eigenvalue weighted by Gasteiger charge is 2.06. The number of nitrogens with zero attached hydrogens (tertiary/aromatic N) is 3. The number of hydrogen-bond donors (Lipinski definition) is 2. The zero-order valence-corrected chi connectivity index (χ0v) is 8.51. The number of rotatable bonds is 2. The predicted molar refractivity (Wildman–Crippen MR) is 54.2 cm³/mol. The van der Waals surface area contributed by atoms with Gasteiger partial charge in [0, 0.05) is 0 Å². The van der Waals surface area contributed by atoms with Gasteiger partial charge < -0.3 is 5.73 Å². The number of nitrogens with two attached hydrogens (primary N) is 1. The zero-order valence-electron chi connectivity index (χ0n) is 6.94. The van der Waals surface area contributed by atoms with Crippen LogP contribution in [0.2, 0.25) is 5.02 Å². The minimum Gasteiger partial charge on any atom is -0.397 e. The molecule has 0 saturated heterocycles. The fraction of sp³-hybridized carbons (Fsp3) is 0. The summed E-state index contributed by atoms with van der Waals surface area (Å²) in [6.07, 6.45) is 2.97. The Labute approximate surface area is 89.1 Å². The first-order valence-corrected chi connectivity index (χ1v) is 4.89. The van der Waals surface area contributed by atoms with E-state index < -0.39 is 0 Å². The molecule has 0 aromatic carbocycles. The van der Waals surface area contributed by atoms with Crippen LogP contribution in [-0.4, -0.2) is 20.2 Å². The summed E-state index contributed by atoms with van der Waals surface area (Å²) < 4.78 is 0. The van der Waals surface area contributed by atoms with Gasteiger partial charge in [0.1, 0.15) is 11.4 Å². The molecule has 0 saturated carbocycles. The van der Waals surface area contributed by atoms with Crippen LogP contribution in [0, 0.1) is 0 Å². The summed E-state index contributed by atoms with van der Waals surface area (Å²) in [5.74, 6) is 0. The van der Waals surface area contributed by atoms with Crippen LogP contribution in [0.15, 0.2) is 28.8 Å². The standard InChI is InChI=1S/C7H6ClN5S/c8-5-1-4(9)2-10-6(5)14-7-11-3-12-13-7/h1-3H,9H2,(H,11,12,13). The van der Waals surface area contributed by atoms with Crippen molar-refractivity contribution in [3.05, 3.63) is 23.6 Å². The normalized spacial score (nSPS) is 10.4. The highest BCUT2D eigenvalue weighted by atomic mass is 35.5. The molecule has 0 aliphatic carbocycles. The lowest BCUT2D eigenvalue weighted by Gasteiger charge is -2.00. The van der Waals surface area contributed by atoms with Crippen molar-refractivity contribution in [2.45, 2.75) is 10.2 Å². The number of H-pyrrole nitrogens is 1. The van der Waals surface area contributed by atoms with Crippen LogP contribution in [0.25, 0.3) is 0 Å². The maximum absolute atomic E-state index is 5.92. The quantitative estimate of drug-likeness (QED) is 0.814. The topological polar surface area (TPSA) is 80.5 Å². The van der Waals surface area contributed by atoms with Crippen molar-refractivity contribution in [2.75, 3.05) is 5.73 Å². The molecular formula is C7H6ClN5S. The fourth-order valence-electron chi connectivity index (χ4n) is 0.850. The predicted octanol–water partition coefficient (Wildman–Crippen LogP) is 1.59. The molecular weight excluding hydrogens is 222 g/mol. The number of nitrogens with one attached hydrogen (secondary N) is 1. The number of aromatic amines is 1. The lowest BCUT2D eigenvalue weighted by atomic mass is 10.4. The first-order chi connectivity index (χ1) is 6.75. The Kier molecular flexibility index (Phi) is 2.55. The summed E-state index contributed by atoms with van der Waals surface area (Å²) in [4.78, 5) is 8.01. The van der Waals surface area contributed by atoms with Gasteiger partial charge in [-0.1, -0.05) is 11.6 Å². The molecule has 0 radical (unpaired) electrons. The van der Waals surface area contributed by atoms with E-state index in [0.717, 1.165) is 0 Å². The summed E-state index contributed by atoms with van der Waals surface area (Å²) in [5.41, 5.74) is 6.05. The molecule has 2 rings (SSSR count). The summed E-state index contributed by atoms with van der Waals surface area (Å²) >= 11 is 7.22. The average Bonchev–Trinajstić information content (AvgIpc) is 2.62. The first kappa shape index (κ1) is 9.29. The lowest BCUT2D eigenvalue weighted by Crippen LogP contribution is -1.89. The molecule has 7 heteroatoms. The Morgan fingerprint density at radius 3 is 2.93 bits per heavy atom. The molecule has 0 spiro atoms. The SMILES string of the molecule is Nc1cnc(Sc2ncn[nH]2)c(Cl)c1. The molecule has 3 N–H and O–H groups in total. The van der Waals surface area contributed by atoms with Crippen LogP contribution in [0.4, 0.5) is 5.69 Å². The molecule has 72 valence electrons. The summed E-state index contributed by atoms with van der Waals surface area (Å²) in [6, 6.07) is 1.65. The van der Waals surface area contributed by atoms with Gasteiger partial charge in [-0.2, -0.15) is 5.10 Å². The Morgan fingerprint density at radius 1 is 1.43 bits per heavy atom. The molecule has 2 aromatic rings. The highest BCUT2D eigenvalue weighted by Crippen LogP contribution is 2.29. The van der Waals surface area contributed by atoms with Gasteiger partial charge in [0.05, 0.1) is 16.9 Å². The molecule has 0 fully saturated rings. The van der Waals surface area contributed by atoms with Crippen molar-refractivity contribution in [3.8, 4) is 0 Å². The van der Waals surface area contributed by atoms with Crippen LogP contribution >= 0.6 is 23.4 Å². The van der Waals surface area contributed by atoms with E-state index in [9.17, 15) is 0 Å². The van der Waals surface area contributed by atoms with Crippen molar-refractivity contribution >= 4 is 29.1 Å². The molecule has 2 aromatic heterocycles. The van der Waals surface area contributed by atoms with E-state index in [1.807, 2.05) is 0 Å². The molecule has 0 bridgehead atoms. The minimum absolute atomic E-state index is 0.506. The van der Waals surface area contributed by atoms with Gasteiger partial charge in [0.2, 0.25) is 0 Å². The van der Waals surface area contributed by atoms with Crippen molar-refractivity contribution in [1.82, 2.24) is 20.2 Å². The maximum Gasteiger partial charge on any atom is 0.189 e.